The summed E-state index contributed by atoms with van der Waals surface area (Å²) in [5, 5.41) is 0.0637. The third-order valence-electron chi connectivity index (χ3n) is 6.68. The minimum Gasteiger partial charge on any atom is -0.364 e. The zero-order valence-corrected chi connectivity index (χ0v) is 21.6. The molecule has 5 nitrogen and oxygen atoms in total. The Balaban J connectivity index is 1.81. The van der Waals surface area contributed by atoms with Crippen molar-refractivity contribution in [1.29, 1.82) is 0 Å². The molecule has 0 radical (unpaired) electrons. The second kappa shape index (κ2) is 10.7. The Kier molecular flexibility index (Phi) is 7.27. The number of amides is 2. The summed E-state index contributed by atoms with van der Waals surface area (Å²) >= 11 is 0. The van der Waals surface area contributed by atoms with Crippen LogP contribution in [0.3, 0.4) is 0 Å². The molecule has 0 atom stereocenters. The number of nitrogens with one attached hydrogen (secondary N) is 1. The number of nitrogens with two attached hydrogens (primary N) is 1. The van der Waals surface area contributed by atoms with Crippen molar-refractivity contribution in [3.8, 4) is 22.3 Å². The molecule has 214 valence electrons. The van der Waals surface area contributed by atoms with Crippen molar-refractivity contribution in [3.63, 3.8) is 0 Å². The number of primary amides is 1. The summed E-state index contributed by atoms with van der Waals surface area (Å²) in [6.07, 6.45) is -9.71. The summed E-state index contributed by atoms with van der Waals surface area (Å²) < 4.78 is 85.2. The molecule has 1 heterocycles. The number of aromatic nitrogens is 1. The van der Waals surface area contributed by atoms with Crippen LogP contribution >= 0.6 is 0 Å². The Morgan fingerprint density at radius 1 is 0.690 bits per heavy atom. The summed E-state index contributed by atoms with van der Waals surface area (Å²) in [6, 6.07) is 21.5. The van der Waals surface area contributed by atoms with E-state index in [0.717, 1.165) is 16.8 Å². The van der Waals surface area contributed by atoms with E-state index in [2.05, 4.69) is 5.43 Å². The van der Waals surface area contributed by atoms with E-state index in [1.165, 1.54) is 54.6 Å². The average Bonchev–Trinajstić information content (AvgIpc) is 3.30. The van der Waals surface area contributed by atoms with Gasteiger partial charge in [0.1, 0.15) is 5.69 Å². The summed E-state index contributed by atoms with van der Waals surface area (Å²) in [4.78, 5) is 25.5. The van der Waals surface area contributed by atoms with E-state index in [9.17, 15) is 35.9 Å². The third-order valence-corrected chi connectivity index (χ3v) is 6.68. The molecule has 2 amide bonds. The van der Waals surface area contributed by atoms with E-state index in [0.29, 0.717) is 5.56 Å². The number of alkyl halides is 6. The predicted octanol–water partition coefficient (Wildman–Crippen LogP) is 7.42. The fourth-order valence-electron chi connectivity index (χ4n) is 4.88. The maximum atomic E-state index is 14.1. The molecule has 0 fully saturated rings. The molecule has 11 heteroatoms. The highest BCUT2D eigenvalue weighted by atomic mass is 19.4. The zero-order valence-electron chi connectivity index (χ0n) is 21.6. The SMILES string of the molecule is NC(=O)c1cc2c(-c3ccccc3C(F)(F)F)cc(-c3ccccc3C(F)(F)F)cc2n1NC(=O)Cc1ccccc1. The standard InChI is InChI=1S/C31H21F6N3O2/c32-30(33,34)24-12-6-4-10-20(24)19-15-22(21-11-5-7-13-25(21)31(35,36)37)23-17-27(29(38)42)40(26(23)16-19)39-28(41)14-18-8-2-1-3-9-18/h1-13,15-17H,14H2,(H2,38,42)(H,39,41). The van der Waals surface area contributed by atoms with Gasteiger partial charge >= 0.3 is 12.4 Å². The molecule has 4 aromatic carbocycles. The van der Waals surface area contributed by atoms with Gasteiger partial charge in [0.25, 0.3) is 5.91 Å². The lowest BCUT2D eigenvalue weighted by molar-refractivity contribution is -0.137. The van der Waals surface area contributed by atoms with Gasteiger partial charge in [-0.2, -0.15) is 26.3 Å². The molecule has 5 aromatic rings. The quantitative estimate of drug-likeness (QED) is 0.205. The fourth-order valence-corrected chi connectivity index (χ4v) is 4.88. The molecule has 0 unspecified atom stereocenters. The lowest BCUT2D eigenvalue weighted by Gasteiger charge is -2.18. The number of carbonyl (C=O) groups is 2. The third kappa shape index (κ3) is 5.58. The largest absolute Gasteiger partial charge is 0.417 e. The molecule has 1 aromatic heterocycles. The monoisotopic (exact) mass is 581 g/mol. The highest BCUT2D eigenvalue weighted by molar-refractivity contribution is 6.06. The average molecular weight is 582 g/mol. The lowest BCUT2D eigenvalue weighted by Crippen LogP contribution is -2.29. The lowest BCUT2D eigenvalue weighted by atomic mass is 9.91. The van der Waals surface area contributed by atoms with Crippen LogP contribution in [0.5, 0.6) is 0 Å². The number of halogens is 6. The van der Waals surface area contributed by atoms with E-state index in [4.69, 9.17) is 5.73 Å². The molecule has 42 heavy (non-hydrogen) atoms. The Bertz CT molecular complexity index is 1810. The Morgan fingerprint density at radius 2 is 1.24 bits per heavy atom. The van der Waals surface area contributed by atoms with Crippen molar-refractivity contribution in [3.05, 3.63) is 119 Å². The van der Waals surface area contributed by atoms with Crippen LogP contribution in [0.2, 0.25) is 0 Å². The molecule has 5 rings (SSSR count). The normalized spacial score (nSPS) is 12.0. The van der Waals surface area contributed by atoms with E-state index in [1.54, 1.807) is 30.3 Å². The predicted molar refractivity (Wildman–Crippen MR) is 146 cm³/mol. The number of rotatable bonds is 6. The highest BCUT2D eigenvalue weighted by Gasteiger charge is 2.36. The number of hydrogen-bond donors (Lipinski definition) is 2. The maximum absolute atomic E-state index is 14.1. The van der Waals surface area contributed by atoms with Gasteiger partial charge in [0.05, 0.1) is 23.1 Å². The van der Waals surface area contributed by atoms with E-state index < -0.39 is 35.3 Å². The molecule has 0 bridgehead atoms. The van der Waals surface area contributed by atoms with Crippen LogP contribution in [0.1, 0.15) is 27.2 Å². The van der Waals surface area contributed by atoms with Gasteiger partial charge in [0.2, 0.25) is 5.91 Å². The first kappa shape index (κ1) is 28.5. The van der Waals surface area contributed by atoms with Gasteiger partial charge in [0.15, 0.2) is 0 Å². The smallest absolute Gasteiger partial charge is 0.364 e. The van der Waals surface area contributed by atoms with Crippen LogP contribution in [0.4, 0.5) is 26.3 Å². The second-order valence-corrected chi connectivity index (χ2v) is 9.47. The number of benzene rings is 4. The first-order valence-electron chi connectivity index (χ1n) is 12.5. The summed E-state index contributed by atoms with van der Waals surface area (Å²) in [5.41, 5.74) is 5.59. The topological polar surface area (TPSA) is 77.1 Å². The van der Waals surface area contributed by atoms with Crippen LogP contribution in [0, 0.1) is 0 Å². The molecule has 0 spiro atoms. The van der Waals surface area contributed by atoms with Gasteiger partial charge in [-0.1, -0.05) is 66.7 Å². The minimum atomic E-state index is -4.80. The number of hydrogen-bond acceptors (Lipinski definition) is 2. The number of fused-ring (bicyclic) bond motifs is 1. The summed E-state index contributed by atoms with van der Waals surface area (Å²) in [6.45, 7) is 0. The van der Waals surface area contributed by atoms with Crippen LogP contribution in [-0.2, 0) is 23.6 Å². The molecule has 0 aliphatic rings. The van der Waals surface area contributed by atoms with Gasteiger partial charge in [-0.3, -0.25) is 15.0 Å². The Labute approximate surface area is 235 Å². The molecule has 0 aliphatic heterocycles. The minimum absolute atomic E-state index is 0.0216. The molecule has 0 aliphatic carbocycles. The second-order valence-electron chi connectivity index (χ2n) is 9.47. The molecular formula is C31H21F6N3O2. The Hall–Kier alpha value is -5.06. The highest BCUT2D eigenvalue weighted by Crippen LogP contribution is 2.44. The van der Waals surface area contributed by atoms with Crippen molar-refractivity contribution in [2.75, 3.05) is 5.43 Å². The fraction of sp³-hybridized carbons (Fsp3) is 0.0968. The molecule has 0 saturated carbocycles. The van der Waals surface area contributed by atoms with Crippen LogP contribution in [0.15, 0.2) is 97.1 Å². The van der Waals surface area contributed by atoms with Gasteiger partial charge < -0.3 is 5.73 Å². The van der Waals surface area contributed by atoms with Crippen molar-refractivity contribution < 1.29 is 35.9 Å². The van der Waals surface area contributed by atoms with Gasteiger partial charge in [-0.15, -0.1) is 0 Å². The first-order chi connectivity index (χ1) is 19.8. The summed E-state index contributed by atoms with van der Waals surface area (Å²) in [5.74, 6) is -1.61. The van der Waals surface area contributed by atoms with Gasteiger partial charge in [-0.05, 0) is 58.1 Å². The van der Waals surface area contributed by atoms with Crippen molar-refractivity contribution >= 4 is 22.7 Å². The van der Waals surface area contributed by atoms with E-state index in [1.807, 2.05) is 0 Å². The van der Waals surface area contributed by atoms with Crippen LogP contribution < -0.4 is 11.2 Å². The van der Waals surface area contributed by atoms with E-state index in [-0.39, 0.29) is 45.3 Å². The Morgan fingerprint density at radius 3 is 1.83 bits per heavy atom. The molecular weight excluding hydrogens is 560 g/mol. The molecule has 3 N–H and O–H groups in total. The number of carbonyl (C=O) groups excluding carboxylic acids is 2. The van der Waals surface area contributed by atoms with Crippen molar-refractivity contribution in [2.24, 2.45) is 5.73 Å². The van der Waals surface area contributed by atoms with Crippen molar-refractivity contribution in [2.45, 2.75) is 18.8 Å². The zero-order chi connectivity index (χ0) is 30.2. The van der Waals surface area contributed by atoms with Gasteiger partial charge in [0, 0.05) is 5.39 Å². The maximum Gasteiger partial charge on any atom is 0.417 e. The van der Waals surface area contributed by atoms with E-state index >= 15 is 0 Å². The van der Waals surface area contributed by atoms with Crippen LogP contribution in [-0.4, -0.2) is 16.5 Å². The van der Waals surface area contributed by atoms with Crippen LogP contribution in [0.25, 0.3) is 33.2 Å². The first-order valence-corrected chi connectivity index (χ1v) is 12.5. The van der Waals surface area contributed by atoms with Crippen molar-refractivity contribution in [1.82, 2.24) is 4.68 Å². The molecule has 0 saturated heterocycles. The number of nitrogens with zero attached hydrogens (tertiary/aromatic N) is 1. The summed E-state index contributed by atoms with van der Waals surface area (Å²) in [7, 11) is 0. The van der Waals surface area contributed by atoms with Gasteiger partial charge in [-0.25, -0.2) is 4.68 Å².